The van der Waals surface area contributed by atoms with Gasteiger partial charge in [-0.3, -0.25) is 9.59 Å². The monoisotopic (exact) mass is 450 g/mol. The van der Waals surface area contributed by atoms with Crippen LogP contribution in [0.4, 0.5) is 0 Å². The Balaban J connectivity index is 1.30. The lowest BCUT2D eigenvalue weighted by Crippen LogP contribution is -2.50. The summed E-state index contributed by atoms with van der Waals surface area (Å²) in [6.45, 7) is 6.04. The van der Waals surface area contributed by atoms with E-state index < -0.39 is 0 Å². The highest BCUT2D eigenvalue weighted by atomic mass is 32.2. The van der Waals surface area contributed by atoms with Gasteiger partial charge in [0.2, 0.25) is 11.1 Å². The normalized spacial score (nSPS) is 20.6. The van der Waals surface area contributed by atoms with Crippen LogP contribution < -0.4 is 5.56 Å². The number of hydrogen-bond donors (Lipinski definition) is 0. The first-order valence-electron chi connectivity index (χ1n) is 11.1. The van der Waals surface area contributed by atoms with Crippen molar-refractivity contribution >= 4 is 17.7 Å². The van der Waals surface area contributed by atoms with E-state index in [9.17, 15) is 9.59 Å². The zero-order valence-electron chi connectivity index (χ0n) is 18.2. The van der Waals surface area contributed by atoms with E-state index in [1.807, 2.05) is 40.7 Å². The molecule has 4 heterocycles. The molecule has 3 unspecified atom stereocenters. The Kier molecular flexibility index (Phi) is 5.58. The number of pyridine rings is 1. The molecule has 0 spiro atoms. The smallest absolute Gasteiger partial charge is 0.250 e. The minimum atomic E-state index is -0.313. The van der Waals surface area contributed by atoms with Gasteiger partial charge in [0.25, 0.3) is 5.56 Å². The highest BCUT2D eigenvalue weighted by Gasteiger charge is 2.37. The first-order valence-corrected chi connectivity index (χ1v) is 11.9. The zero-order chi connectivity index (χ0) is 22.2. The summed E-state index contributed by atoms with van der Waals surface area (Å²) >= 11 is 1.38. The van der Waals surface area contributed by atoms with E-state index >= 15 is 0 Å². The van der Waals surface area contributed by atoms with E-state index in [1.54, 1.807) is 10.7 Å². The van der Waals surface area contributed by atoms with Crippen LogP contribution in [-0.2, 0) is 17.8 Å². The number of tetrazole rings is 1. The second-order valence-corrected chi connectivity index (χ2v) is 9.90. The van der Waals surface area contributed by atoms with Crippen molar-refractivity contribution in [2.75, 3.05) is 13.1 Å². The van der Waals surface area contributed by atoms with Crippen LogP contribution >= 0.6 is 11.8 Å². The maximum atomic E-state index is 13.3. The molecule has 0 aliphatic carbocycles. The lowest BCUT2D eigenvalue weighted by Gasteiger charge is -2.43. The van der Waals surface area contributed by atoms with Gasteiger partial charge >= 0.3 is 0 Å². The van der Waals surface area contributed by atoms with Crippen molar-refractivity contribution in [2.45, 2.75) is 49.6 Å². The number of carbonyl (C=O) groups excluding carboxylic acids is 1. The van der Waals surface area contributed by atoms with E-state index in [0.717, 1.165) is 24.2 Å². The Hall–Kier alpha value is -2.94. The fraction of sp³-hybridized carbons (Fsp3) is 0.435. The maximum absolute atomic E-state index is 13.3. The number of rotatable bonds is 5. The number of likely N-dealkylation sites (tertiary alicyclic amines) is 1. The van der Waals surface area contributed by atoms with Crippen molar-refractivity contribution in [2.24, 2.45) is 5.92 Å². The molecule has 1 saturated heterocycles. The maximum Gasteiger partial charge on any atom is 0.250 e. The lowest BCUT2D eigenvalue weighted by atomic mass is 9.83. The number of amides is 1. The number of fused-ring (bicyclic) bond motifs is 4. The number of thioether (sulfide) groups is 1. The molecule has 0 radical (unpaired) electrons. The van der Waals surface area contributed by atoms with Gasteiger partial charge in [0.05, 0.1) is 10.9 Å². The van der Waals surface area contributed by atoms with Crippen molar-refractivity contribution in [1.82, 2.24) is 29.7 Å². The summed E-state index contributed by atoms with van der Waals surface area (Å²) in [5.41, 5.74) is 3.23. The second-order valence-electron chi connectivity index (χ2n) is 8.59. The Morgan fingerprint density at radius 1 is 1.16 bits per heavy atom. The summed E-state index contributed by atoms with van der Waals surface area (Å²) in [6, 6.07) is 13.6. The molecule has 32 heavy (non-hydrogen) atoms. The molecule has 1 aromatic carbocycles. The predicted molar refractivity (Wildman–Crippen MR) is 122 cm³/mol. The minimum absolute atomic E-state index is 0.0553. The third-order valence-electron chi connectivity index (χ3n) is 6.45. The number of benzene rings is 1. The number of aryl methyl sites for hydroxylation is 1. The zero-order valence-corrected chi connectivity index (χ0v) is 19.0. The molecule has 8 nitrogen and oxygen atoms in total. The molecular weight excluding hydrogens is 424 g/mol. The van der Waals surface area contributed by atoms with Gasteiger partial charge in [0.15, 0.2) is 0 Å². The lowest BCUT2D eigenvalue weighted by molar-refractivity contribution is -0.133. The average Bonchev–Trinajstić information content (AvgIpc) is 3.27. The van der Waals surface area contributed by atoms with Crippen LogP contribution in [-0.4, -0.2) is 53.9 Å². The Morgan fingerprint density at radius 3 is 2.75 bits per heavy atom. The van der Waals surface area contributed by atoms with Crippen LogP contribution in [0.25, 0.3) is 5.69 Å². The molecule has 2 aliphatic heterocycles. The van der Waals surface area contributed by atoms with Gasteiger partial charge in [-0.05, 0) is 59.9 Å². The summed E-state index contributed by atoms with van der Waals surface area (Å²) in [5, 5.41) is 12.4. The van der Waals surface area contributed by atoms with E-state index in [1.165, 1.54) is 17.3 Å². The van der Waals surface area contributed by atoms with Crippen LogP contribution in [0, 0.1) is 5.92 Å². The average molecular weight is 451 g/mol. The van der Waals surface area contributed by atoms with E-state index in [0.29, 0.717) is 30.7 Å². The van der Waals surface area contributed by atoms with Crippen LogP contribution in [0.5, 0.6) is 0 Å². The first-order chi connectivity index (χ1) is 15.5. The van der Waals surface area contributed by atoms with E-state index in [2.05, 4.69) is 34.6 Å². The molecule has 3 aromatic rings. The van der Waals surface area contributed by atoms with E-state index in [4.69, 9.17) is 0 Å². The quantitative estimate of drug-likeness (QED) is 0.555. The summed E-state index contributed by atoms with van der Waals surface area (Å²) in [4.78, 5) is 27.5. The third kappa shape index (κ3) is 3.85. The van der Waals surface area contributed by atoms with E-state index in [-0.39, 0.29) is 22.6 Å². The molecule has 0 saturated carbocycles. The second kappa shape index (κ2) is 8.54. The van der Waals surface area contributed by atoms with Crippen molar-refractivity contribution < 1.29 is 4.79 Å². The molecule has 0 N–H and O–H groups in total. The summed E-state index contributed by atoms with van der Waals surface area (Å²) < 4.78 is 3.57. The van der Waals surface area contributed by atoms with Gasteiger partial charge in [0.1, 0.15) is 0 Å². The van der Waals surface area contributed by atoms with Gasteiger partial charge in [0, 0.05) is 37.3 Å². The van der Waals surface area contributed by atoms with Crippen LogP contribution in [0.15, 0.2) is 52.4 Å². The number of carbonyl (C=O) groups is 1. The number of nitrogens with zero attached hydrogens (tertiary/aromatic N) is 6. The topological polar surface area (TPSA) is 85.9 Å². The Labute approximate surface area is 190 Å². The molecule has 2 aliphatic rings. The molecule has 166 valence electrons. The minimum Gasteiger partial charge on any atom is -0.341 e. The largest absolute Gasteiger partial charge is 0.341 e. The Morgan fingerprint density at radius 2 is 1.97 bits per heavy atom. The highest BCUT2D eigenvalue weighted by molar-refractivity contribution is 8.00. The molecule has 9 heteroatoms. The van der Waals surface area contributed by atoms with Crippen LogP contribution in [0.2, 0.25) is 0 Å². The van der Waals surface area contributed by atoms with Crippen molar-refractivity contribution in [3.8, 4) is 5.69 Å². The fourth-order valence-electron chi connectivity index (χ4n) is 4.83. The highest BCUT2D eigenvalue weighted by Crippen LogP contribution is 2.36. The number of hydrogen-bond acceptors (Lipinski definition) is 6. The fourth-order valence-corrected chi connectivity index (χ4v) is 5.72. The molecule has 3 atom stereocenters. The standard InChI is InChI=1S/C23H26N6O2S/c1-3-16-7-9-19(10-8-16)29-23(24-25-26-29)32-15(2)22(31)27-12-17-11-18(14-27)20-5-4-6-21(30)28(20)13-17/h4-10,15,17-18H,3,11-14H2,1-2H3. The van der Waals surface area contributed by atoms with Gasteiger partial charge in [-0.25, -0.2) is 0 Å². The molecule has 2 bridgehead atoms. The van der Waals surface area contributed by atoms with Crippen LogP contribution in [0.3, 0.4) is 0 Å². The Bertz CT molecular complexity index is 1190. The molecule has 1 amide bonds. The summed E-state index contributed by atoms with van der Waals surface area (Å²) in [5.74, 6) is 0.608. The molecule has 5 rings (SSSR count). The van der Waals surface area contributed by atoms with Crippen molar-refractivity contribution in [3.05, 3.63) is 64.1 Å². The van der Waals surface area contributed by atoms with Gasteiger partial charge in [-0.15, -0.1) is 5.10 Å². The van der Waals surface area contributed by atoms with Gasteiger partial charge in [-0.1, -0.05) is 36.9 Å². The molecular formula is C23H26N6O2S. The van der Waals surface area contributed by atoms with Gasteiger partial charge < -0.3 is 9.47 Å². The first kappa shape index (κ1) is 20.9. The van der Waals surface area contributed by atoms with Gasteiger partial charge in [-0.2, -0.15) is 4.68 Å². The number of piperidine rings is 1. The summed E-state index contributed by atoms with van der Waals surface area (Å²) in [6.07, 6.45) is 2.00. The SMILES string of the molecule is CCc1ccc(-n2nnnc2SC(C)C(=O)N2CC3CC(C2)c2cccc(=O)n2C3)cc1. The summed E-state index contributed by atoms with van der Waals surface area (Å²) in [7, 11) is 0. The predicted octanol–water partition coefficient (Wildman–Crippen LogP) is 2.51. The van der Waals surface area contributed by atoms with Crippen LogP contribution in [0.1, 0.15) is 37.4 Å². The number of aromatic nitrogens is 5. The third-order valence-corrected chi connectivity index (χ3v) is 7.47. The van der Waals surface area contributed by atoms with Crippen molar-refractivity contribution in [1.29, 1.82) is 0 Å². The molecule has 1 fully saturated rings. The molecule has 2 aromatic heterocycles. The van der Waals surface area contributed by atoms with Crippen molar-refractivity contribution in [3.63, 3.8) is 0 Å².